The lowest BCUT2D eigenvalue weighted by atomic mass is 10.2. The first-order valence-electron chi connectivity index (χ1n) is 4.51. The number of benzene rings is 1. The molecule has 0 bridgehead atoms. The topological polar surface area (TPSA) is 49.8 Å². The number of aryl methyl sites for hydroxylation is 1. The minimum absolute atomic E-state index is 0.342. The summed E-state index contributed by atoms with van der Waals surface area (Å²) in [4.78, 5) is 0. The third-order valence-electron chi connectivity index (χ3n) is 1.85. The third-order valence-corrected chi connectivity index (χ3v) is 2.98. The molecule has 0 heterocycles. The fourth-order valence-electron chi connectivity index (χ4n) is 1.03. The maximum atomic E-state index is 8.48. The van der Waals surface area contributed by atoms with Crippen LogP contribution < -0.4 is 5.73 Å². The molecule has 14 heavy (non-hydrogen) atoms. The monoisotopic (exact) mass is 206 g/mol. The lowest BCUT2D eigenvalue weighted by Gasteiger charge is -2.03. The Bertz CT molecular complexity index is 313. The molecule has 0 fully saturated rings. The highest BCUT2D eigenvalue weighted by molar-refractivity contribution is 7.98. The van der Waals surface area contributed by atoms with Gasteiger partial charge in [0.25, 0.3) is 0 Å². The Balaban J connectivity index is 2.32. The van der Waals surface area contributed by atoms with Gasteiger partial charge in [-0.2, -0.15) is 17.0 Å². The number of nitrogens with two attached hydrogens (primary N) is 1. The summed E-state index contributed by atoms with van der Waals surface area (Å²) in [7, 11) is 0. The van der Waals surface area contributed by atoms with E-state index in [-0.39, 0.29) is 6.04 Å². The van der Waals surface area contributed by atoms with Crippen molar-refractivity contribution in [3.63, 3.8) is 0 Å². The lowest BCUT2D eigenvalue weighted by molar-refractivity contribution is 0.953. The maximum Gasteiger partial charge on any atom is 0.102 e. The predicted molar refractivity (Wildman–Crippen MR) is 60.9 cm³/mol. The number of rotatable bonds is 4. The summed E-state index contributed by atoms with van der Waals surface area (Å²) in [6.07, 6.45) is 0. The summed E-state index contributed by atoms with van der Waals surface area (Å²) in [5.41, 5.74) is 8.03. The Morgan fingerprint density at radius 3 is 2.64 bits per heavy atom. The van der Waals surface area contributed by atoms with Gasteiger partial charge in [-0.1, -0.05) is 29.8 Å². The summed E-state index contributed by atoms with van der Waals surface area (Å²) in [6.45, 7) is 2.07. The van der Waals surface area contributed by atoms with Gasteiger partial charge in [-0.05, 0) is 12.5 Å². The van der Waals surface area contributed by atoms with E-state index in [1.807, 2.05) is 6.07 Å². The summed E-state index contributed by atoms with van der Waals surface area (Å²) in [6, 6.07) is 10.1. The van der Waals surface area contributed by atoms with Crippen LogP contribution in [0.1, 0.15) is 11.1 Å². The smallest absolute Gasteiger partial charge is 0.102 e. The van der Waals surface area contributed by atoms with Gasteiger partial charge >= 0.3 is 0 Å². The zero-order valence-electron chi connectivity index (χ0n) is 8.23. The SMILES string of the molecule is Cc1ccc(CSC[C@H](N)C#N)cc1. The largest absolute Gasteiger partial charge is 0.315 e. The summed E-state index contributed by atoms with van der Waals surface area (Å²) in [5.74, 6) is 1.63. The Hall–Kier alpha value is -0.980. The van der Waals surface area contributed by atoms with Gasteiger partial charge in [0, 0.05) is 11.5 Å². The molecular formula is C11H14N2S. The van der Waals surface area contributed by atoms with Crippen LogP contribution in [-0.2, 0) is 5.75 Å². The van der Waals surface area contributed by atoms with Crippen molar-refractivity contribution >= 4 is 11.8 Å². The van der Waals surface area contributed by atoms with E-state index in [1.165, 1.54) is 11.1 Å². The molecule has 2 nitrogen and oxygen atoms in total. The van der Waals surface area contributed by atoms with Crippen LogP contribution in [0.15, 0.2) is 24.3 Å². The van der Waals surface area contributed by atoms with E-state index in [1.54, 1.807) is 11.8 Å². The molecule has 0 aromatic heterocycles. The number of nitriles is 1. The molecule has 2 N–H and O–H groups in total. The highest BCUT2D eigenvalue weighted by atomic mass is 32.2. The standard InChI is InChI=1S/C11H14N2S/c1-9-2-4-10(5-3-9)7-14-8-11(13)6-12/h2-5,11H,7-8,13H2,1H3/t11-/m1/s1. The molecule has 0 aliphatic carbocycles. The molecule has 0 spiro atoms. The highest BCUT2D eigenvalue weighted by Gasteiger charge is 1.99. The average Bonchev–Trinajstić information content (AvgIpc) is 2.21. The third kappa shape index (κ3) is 3.82. The van der Waals surface area contributed by atoms with Gasteiger partial charge in [-0.15, -0.1) is 0 Å². The first-order chi connectivity index (χ1) is 6.72. The molecule has 1 rings (SSSR count). The van der Waals surface area contributed by atoms with Crippen LogP contribution in [0.3, 0.4) is 0 Å². The van der Waals surface area contributed by atoms with Crippen LogP contribution in [0.5, 0.6) is 0 Å². The first kappa shape index (κ1) is 11.1. The Kier molecular flexibility index (Phi) is 4.51. The van der Waals surface area contributed by atoms with E-state index in [0.29, 0.717) is 5.75 Å². The predicted octanol–water partition coefficient (Wildman–Crippen LogP) is 2.08. The molecule has 0 aliphatic heterocycles. The molecule has 0 radical (unpaired) electrons. The van der Waals surface area contributed by atoms with Crippen LogP contribution in [0.25, 0.3) is 0 Å². The molecule has 1 atom stereocenters. The first-order valence-corrected chi connectivity index (χ1v) is 5.66. The van der Waals surface area contributed by atoms with Crippen molar-refractivity contribution in [1.82, 2.24) is 0 Å². The van der Waals surface area contributed by atoms with Crippen LogP contribution in [0.2, 0.25) is 0 Å². The number of hydrogen-bond acceptors (Lipinski definition) is 3. The molecule has 0 amide bonds. The van der Waals surface area contributed by atoms with Gasteiger partial charge < -0.3 is 5.73 Å². The van der Waals surface area contributed by atoms with E-state index in [9.17, 15) is 0 Å². The quantitative estimate of drug-likeness (QED) is 0.820. The van der Waals surface area contributed by atoms with Gasteiger partial charge in [0.2, 0.25) is 0 Å². The molecule has 3 heteroatoms. The van der Waals surface area contributed by atoms with Crippen molar-refractivity contribution in [3.8, 4) is 6.07 Å². The minimum Gasteiger partial charge on any atom is -0.315 e. The van der Waals surface area contributed by atoms with Crippen molar-refractivity contribution in [1.29, 1.82) is 5.26 Å². The van der Waals surface area contributed by atoms with E-state index in [2.05, 4.69) is 31.2 Å². The molecular weight excluding hydrogens is 192 g/mol. The fourth-order valence-corrected chi connectivity index (χ4v) is 1.90. The van der Waals surface area contributed by atoms with Gasteiger partial charge in [-0.25, -0.2) is 0 Å². The van der Waals surface area contributed by atoms with Crippen LogP contribution in [0, 0.1) is 18.3 Å². The molecule has 0 aliphatic rings. The van der Waals surface area contributed by atoms with E-state index in [0.717, 1.165) is 5.75 Å². The van der Waals surface area contributed by atoms with Crippen LogP contribution in [0.4, 0.5) is 0 Å². The Morgan fingerprint density at radius 2 is 2.07 bits per heavy atom. The van der Waals surface area contributed by atoms with Crippen molar-refractivity contribution < 1.29 is 0 Å². The van der Waals surface area contributed by atoms with Crippen molar-refractivity contribution in [2.75, 3.05) is 5.75 Å². The van der Waals surface area contributed by atoms with Crippen molar-refractivity contribution in [2.24, 2.45) is 5.73 Å². The summed E-state index contributed by atoms with van der Waals surface area (Å²) >= 11 is 1.70. The second-order valence-corrected chi connectivity index (χ2v) is 4.27. The highest BCUT2D eigenvalue weighted by Crippen LogP contribution is 2.13. The van der Waals surface area contributed by atoms with E-state index >= 15 is 0 Å². The van der Waals surface area contributed by atoms with Crippen molar-refractivity contribution in [3.05, 3.63) is 35.4 Å². The second-order valence-electron chi connectivity index (χ2n) is 3.24. The molecule has 1 aromatic carbocycles. The lowest BCUT2D eigenvalue weighted by Crippen LogP contribution is -2.19. The molecule has 0 saturated carbocycles. The second kappa shape index (κ2) is 5.69. The minimum atomic E-state index is -0.342. The number of nitrogens with zero attached hydrogens (tertiary/aromatic N) is 1. The molecule has 0 unspecified atom stereocenters. The normalized spacial score (nSPS) is 12.1. The molecule has 74 valence electrons. The Morgan fingerprint density at radius 1 is 1.43 bits per heavy atom. The molecule has 0 saturated heterocycles. The van der Waals surface area contributed by atoms with Crippen molar-refractivity contribution in [2.45, 2.75) is 18.7 Å². The number of hydrogen-bond donors (Lipinski definition) is 1. The summed E-state index contributed by atoms with van der Waals surface area (Å²) < 4.78 is 0. The van der Waals surface area contributed by atoms with Gasteiger partial charge in [0.1, 0.15) is 6.04 Å². The van der Waals surface area contributed by atoms with Gasteiger partial charge in [-0.3, -0.25) is 0 Å². The Labute approximate surface area is 89.1 Å². The van der Waals surface area contributed by atoms with Gasteiger partial charge in [0.05, 0.1) is 6.07 Å². The zero-order valence-corrected chi connectivity index (χ0v) is 9.05. The zero-order chi connectivity index (χ0) is 10.4. The average molecular weight is 206 g/mol. The van der Waals surface area contributed by atoms with E-state index < -0.39 is 0 Å². The van der Waals surface area contributed by atoms with Crippen LogP contribution >= 0.6 is 11.8 Å². The molecule has 1 aromatic rings. The van der Waals surface area contributed by atoms with Crippen LogP contribution in [-0.4, -0.2) is 11.8 Å². The van der Waals surface area contributed by atoms with Gasteiger partial charge in [0.15, 0.2) is 0 Å². The summed E-state index contributed by atoms with van der Waals surface area (Å²) in [5, 5.41) is 8.48. The fraction of sp³-hybridized carbons (Fsp3) is 0.364. The maximum absolute atomic E-state index is 8.48. The van der Waals surface area contributed by atoms with E-state index in [4.69, 9.17) is 11.0 Å². The number of thioether (sulfide) groups is 1.